The fraction of sp³-hybridized carbons (Fsp3) is 0.235. The number of anilines is 1. The number of aromatic nitrogens is 1. The summed E-state index contributed by atoms with van der Waals surface area (Å²) in [4.78, 5) is 4.57. The van der Waals surface area contributed by atoms with Gasteiger partial charge in [-0.15, -0.1) is 0 Å². The Bertz CT molecular complexity index is 795. The fourth-order valence-corrected chi connectivity index (χ4v) is 3.29. The molecule has 21 heavy (non-hydrogen) atoms. The van der Waals surface area contributed by atoms with E-state index in [1.54, 1.807) is 24.3 Å². The van der Waals surface area contributed by atoms with Crippen molar-refractivity contribution in [1.29, 1.82) is 0 Å². The van der Waals surface area contributed by atoms with Gasteiger partial charge in [-0.05, 0) is 55.7 Å². The number of rotatable bonds is 3. The minimum Gasteiger partial charge on any atom is -0.355 e. The molecule has 1 heterocycles. The van der Waals surface area contributed by atoms with Crippen molar-refractivity contribution in [2.75, 3.05) is 5.32 Å². The molecule has 4 heteroatoms. The first-order valence-electron chi connectivity index (χ1n) is 6.93. The third-order valence-electron chi connectivity index (χ3n) is 3.58. The van der Waals surface area contributed by atoms with Crippen LogP contribution in [0, 0.1) is 19.7 Å². The van der Waals surface area contributed by atoms with Crippen LogP contribution in [0.2, 0.25) is 0 Å². The molecule has 0 saturated heterocycles. The lowest BCUT2D eigenvalue weighted by Crippen LogP contribution is -2.06. The lowest BCUT2D eigenvalue weighted by Gasteiger charge is -2.13. The van der Waals surface area contributed by atoms with Gasteiger partial charge in [-0.2, -0.15) is 0 Å². The summed E-state index contributed by atoms with van der Waals surface area (Å²) in [5.41, 5.74) is 3.82. The predicted octanol–water partition coefficient (Wildman–Crippen LogP) is 5.23. The number of nitrogens with one attached hydrogen (secondary N) is 1. The molecule has 108 valence electrons. The van der Waals surface area contributed by atoms with Crippen molar-refractivity contribution >= 4 is 26.7 Å². The summed E-state index contributed by atoms with van der Waals surface area (Å²) in [5, 5.41) is 4.22. The number of hydrogen-bond acceptors (Lipinski definition) is 3. The van der Waals surface area contributed by atoms with Gasteiger partial charge in [-0.3, -0.25) is 0 Å². The molecule has 1 N–H and O–H groups in total. The molecule has 0 aliphatic rings. The Morgan fingerprint density at radius 1 is 1.14 bits per heavy atom. The molecule has 1 unspecified atom stereocenters. The molecule has 3 aromatic rings. The Morgan fingerprint density at radius 2 is 1.95 bits per heavy atom. The van der Waals surface area contributed by atoms with E-state index in [2.05, 4.69) is 29.4 Å². The average molecular weight is 300 g/mol. The van der Waals surface area contributed by atoms with Gasteiger partial charge in [0.15, 0.2) is 5.13 Å². The highest BCUT2D eigenvalue weighted by Crippen LogP contribution is 2.29. The summed E-state index contributed by atoms with van der Waals surface area (Å²) in [7, 11) is 0. The molecular weight excluding hydrogens is 283 g/mol. The maximum Gasteiger partial charge on any atom is 0.184 e. The van der Waals surface area contributed by atoms with Gasteiger partial charge in [0, 0.05) is 0 Å². The second-order valence-corrected chi connectivity index (χ2v) is 6.40. The smallest absolute Gasteiger partial charge is 0.184 e. The second-order valence-electron chi connectivity index (χ2n) is 5.36. The summed E-state index contributed by atoms with van der Waals surface area (Å²) >= 11 is 1.63. The van der Waals surface area contributed by atoms with Crippen LogP contribution in [0.15, 0.2) is 36.4 Å². The first-order valence-corrected chi connectivity index (χ1v) is 7.74. The van der Waals surface area contributed by atoms with Gasteiger partial charge < -0.3 is 5.32 Å². The molecule has 0 fully saturated rings. The maximum absolute atomic E-state index is 13.6. The Hall–Kier alpha value is -1.94. The fourth-order valence-electron chi connectivity index (χ4n) is 2.24. The molecule has 0 saturated carbocycles. The molecule has 0 aliphatic carbocycles. The van der Waals surface area contributed by atoms with E-state index in [9.17, 15) is 4.39 Å². The van der Waals surface area contributed by atoms with Gasteiger partial charge in [-0.1, -0.05) is 29.5 Å². The van der Waals surface area contributed by atoms with E-state index in [1.807, 2.05) is 25.1 Å². The monoisotopic (exact) mass is 300 g/mol. The summed E-state index contributed by atoms with van der Waals surface area (Å²) in [6, 6.07) is 11.6. The normalized spacial score (nSPS) is 12.6. The summed E-state index contributed by atoms with van der Waals surface area (Å²) in [5.74, 6) is -0.166. The van der Waals surface area contributed by atoms with E-state index in [-0.39, 0.29) is 11.9 Å². The van der Waals surface area contributed by atoms with Crippen molar-refractivity contribution in [2.24, 2.45) is 0 Å². The van der Waals surface area contributed by atoms with E-state index >= 15 is 0 Å². The SMILES string of the molecule is Cc1ccc2nc(NC(C)c3ccc(C)c(F)c3)sc2c1. The maximum atomic E-state index is 13.6. The van der Waals surface area contributed by atoms with Crippen LogP contribution in [0.25, 0.3) is 10.2 Å². The van der Waals surface area contributed by atoms with Crippen molar-refractivity contribution in [3.63, 3.8) is 0 Å². The van der Waals surface area contributed by atoms with Crippen LogP contribution < -0.4 is 5.32 Å². The van der Waals surface area contributed by atoms with Crippen LogP contribution in [0.3, 0.4) is 0 Å². The number of fused-ring (bicyclic) bond motifs is 1. The van der Waals surface area contributed by atoms with E-state index in [4.69, 9.17) is 0 Å². The Balaban J connectivity index is 1.85. The highest BCUT2D eigenvalue weighted by Gasteiger charge is 2.10. The van der Waals surface area contributed by atoms with Crippen LogP contribution in [-0.2, 0) is 0 Å². The van der Waals surface area contributed by atoms with Gasteiger partial charge >= 0.3 is 0 Å². The Morgan fingerprint density at radius 3 is 2.71 bits per heavy atom. The third-order valence-corrected chi connectivity index (χ3v) is 4.53. The van der Waals surface area contributed by atoms with E-state index < -0.39 is 0 Å². The first-order chi connectivity index (χ1) is 10.0. The highest BCUT2D eigenvalue weighted by molar-refractivity contribution is 7.22. The van der Waals surface area contributed by atoms with Gasteiger partial charge in [0.1, 0.15) is 5.82 Å². The standard InChI is InChI=1S/C17H17FN2S/c1-10-4-7-15-16(8-10)21-17(20-15)19-12(3)13-6-5-11(2)14(18)9-13/h4-9,12H,1-3H3,(H,19,20). The minimum atomic E-state index is -0.166. The quantitative estimate of drug-likeness (QED) is 0.717. The van der Waals surface area contributed by atoms with Crippen LogP contribution >= 0.6 is 11.3 Å². The van der Waals surface area contributed by atoms with Crippen molar-refractivity contribution in [3.8, 4) is 0 Å². The highest BCUT2D eigenvalue weighted by atomic mass is 32.1. The number of halogens is 1. The van der Waals surface area contributed by atoms with Crippen LogP contribution in [-0.4, -0.2) is 4.98 Å². The number of benzene rings is 2. The Kier molecular flexibility index (Phi) is 3.64. The lowest BCUT2D eigenvalue weighted by molar-refractivity contribution is 0.614. The van der Waals surface area contributed by atoms with Crippen molar-refractivity contribution in [2.45, 2.75) is 26.8 Å². The number of nitrogens with zero attached hydrogens (tertiary/aromatic N) is 1. The lowest BCUT2D eigenvalue weighted by atomic mass is 10.1. The molecule has 0 radical (unpaired) electrons. The third kappa shape index (κ3) is 2.90. The minimum absolute atomic E-state index is 0.0155. The van der Waals surface area contributed by atoms with Crippen LogP contribution in [0.5, 0.6) is 0 Å². The summed E-state index contributed by atoms with van der Waals surface area (Å²) in [6.45, 7) is 5.86. The predicted molar refractivity (Wildman–Crippen MR) is 87.5 cm³/mol. The molecule has 0 bridgehead atoms. The van der Waals surface area contributed by atoms with Gasteiger partial charge in [0.05, 0.1) is 16.3 Å². The largest absolute Gasteiger partial charge is 0.355 e. The number of hydrogen-bond donors (Lipinski definition) is 1. The number of thiazole rings is 1. The van der Waals surface area contributed by atoms with Crippen molar-refractivity contribution in [3.05, 3.63) is 58.9 Å². The Labute approximate surface area is 127 Å². The summed E-state index contributed by atoms with van der Waals surface area (Å²) < 4.78 is 14.8. The van der Waals surface area contributed by atoms with E-state index in [0.29, 0.717) is 5.56 Å². The van der Waals surface area contributed by atoms with Gasteiger partial charge in [0.25, 0.3) is 0 Å². The van der Waals surface area contributed by atoms with Crippen LogP contribution in [0.1, 0.15) is 29.7 Å². The molecule has 0 amide bonds. The molecule has 0 spiro atoms. The first kappa shape index (κ1) is 14.0. The van der Waals surface area contributed by atoms with E-state index in [1.165, 1.54) is 10.3 Å². The van der Waals surface area contributed by atoms with Gasteiger partial charge in [-0.25, -0.2) is 9.37 Å². The zero-order chi connectivity index (χ0) is 15.0. The van der Waals surface area contributed by atoms with E-state index in [0.717, 1.165) is 16.2 Å². The molecule has 0 aliphatic heterocycles. The number of aryl methyl sites for hydroxylation is 2. The second kappa shape index (κ2) is 5.45. The molecular formula is C17H17FN2S. The molecule has 3 rings (SSSR count). The van der Waals surface area contributed by atoms with Crippen LogP contribution in [0.4, 0.5) is 9.52 Å². The summed E-state index contributed by atoms with van der Waals surface area (Å²) in [6.07, 6.45) is 0. The zero-order valence-corrected chi connectivity index (χ0v) is 13.1. The molecule has 1 atom stereocenters. The zero-order valence-electron chi connectivity index (χ0n) is 12.3. The van der Waals surface area contributed by atoms with Gasteiger partial charge in [0.2, 0.25) is 0 Å². The molecule has 1 aromatic heterocycles. The molecule has 2 nitrogen and oxygen atoms in total. The average Bonchev–Trinajstić information content (AvgIpc) is 2.83. The topological polar surface area (TPSA) is 24.9 Å². The van der Waals surface area contributed by atoms with Crippen molar-refractivity contribution in [1.82, 2.24) is 4.98 Å². The van der Waals surface area contributed by atoms with Crippen molar-refractivity contribution < 1.29 is 4.39 Å². The molecule has 2 aromatic carbocycles.